The summed E-state index contributed by atoms with van der Waals surface area (Å²) in [6, 6.07) is 15.5. The van der Waals surface area contributed by atoms with Crippen molar-refractivity contribution >= 4 is 10.8 Å². The zero-order valence-electron chi connectivity index (χ0n) is 18.6. The van der Waals surface area contributed by atoms with Crippen LogP contribution in [-0.4, -0.2) is 67.2 Å². The van der Waals surface area contributed by atoms with Gasteiger partial charge in [0.1, 0.15) is 5.75 Å². The molecular weight excluding hydrogens is 408 g/mol. The fourth-order valence-electron chi connectivity index (χ4n) is 4.19. The molecule has 1 unspecified atom stereocenters. The number of β-amino-alcohol motifs (C(OH)–C–C–N with tert-alkyl or cyclic N) is 1. The summed E-state index contributed by atoms with van der Waals surface area (Å²) in [5.41, 5.74) is 2.61. The van der Waals surface area contributed by atoms with Crippen molar-refractivity contribution in [2.75, 3.05) is 46.6 Å². The number of aliphatic hydroxyl groups is 1. The highest BCUT2D eigenvalue weighted by molar-refractivity contribution is 5.98. The van der Waals surface area contributed by atoms with Gasteiger partial charge in [0.15, 0.2) is 0 Å². The quantitative estimate of drug-likeness (QED) is 0.582. The number of benzene rings is 2. The Balaban J connectivity index is 1.64. The van der Waals surface area contributed by atoms with E-state index in [1.165, 1.54) is 0 Å². The zero-order valence-corrected chi connectivity index (χ0v) is 18.6. The third-order valence-electron chi connectivity index (χ3n) is 5.91. The summed E-state index contributed by atoms with van der Waals surface area (Å²) >= 11 is 0. The Kier molecular flexibility index (Phi) is 7.22. The molecule has 2 heterocycles. The Hall–Kier alpha value is -2.71. The van der Waals surface area contributed by atoms with Crippen LogP contribution in [0.15, 0.2) is 53.3 Å². The number of aromatic nitrogens is 1. The number of morpholine rings is 1. The lowest BCUT2D eigenvalue weighted by Gasteiger charge is -2.28. The highest BCUT2D eigenvalue weighted by Crippen LogP contribution is 2.33. The number of hydrogen-bond acceptors (Lipinski definition) is 6. The van der Waals surface area contributed by atoms with Crippen molar-refractivity contribution in [3.05, 3.63) is 64.6 Å². The van der Waals surface area contributed by atoms with Crippen molar-refractivity contribution in [1.82, 2.24) is 9.47 Å². The molecule has 0 radical (unpaired) electrons. The summed E-state index contributed by atoms with van der Waals surface area (Å²) < 4.78 is 18.3. The highest BCUT2D eigenvalue weighted by atomic mass is 16.5. The van der Waals surface area contributed by atoms with Crippen LogP contribution in [0.3, 0.4) is 0 Å². The summed E-state index contributed by atoms with van der Waals surface area (Å²) in [6.45, 7) is 3.96. The first-order valence-electron chi connectivity index (χ1n) is 10.9. The summed E-state index contributed by atoms with van der Waals surface area (Å²) in [6.07, 6.45) is -0.606. The first-order chi connectivity index (χ1) is 15.6. The Morgan fingerprint density at radius 2 is 1.84 bits per heavy atom. The Morgan fingerprint density at radius 1 is 1.09 bits per heavy atom. The number of pyridine rings is 1. The highest BCUT2D eigenvalue weighted by Gasteiger charge is 2.19. The SMILES string of the molecule is COc1ccc2c(=O)n(C)c(COCC(O)CN3CCOCC3)c(-c3ccccc3)c2c1. The Bertz CT molecular complexity index is 1110. The van der Waals surface area contributed by atoms with Gasteiger partial charge in [0, 0.05) is 43.0 Å². The molecule has 170 valence electrons. The lowest BCUT2D eigenvalue weighted by molar-refractivity contribution is -0.0182. The van der Waals surface area contributed by atoms with Crippen molar-refractivity contribution in [2.24, 2.45) is 7.05 Å². The van der Waals surface area contributed by atoms with E-state index < -0.39 is 6.10 Å². The minimum atomic E-state index is -0.606. The molecule has 2 aromatic carbocycles. The molecule has 3 aromatic rings. The smallest absolute Gasteiger partial charge is 0.258 e. The zero-order chi connectivity index (χ0) is 22.5. The number of fused-ring (bicyclic) bond motifs is 1. The van der Waals surface area contributed by atoms with Gasteiger partial charge >= 0.3 is 0 Å². The van der Waals surface area contributed by atoms with E-state index in [2.05, 4.69) is 4.90 Å². The summed E-state index contributed by atoms with van der Waals surface area (Å²) in [5, 5.41) is 11.9. The second-order valence-electron chi connectivity index (χ2n) is 8.05. The van der Waals surface area contributed by atoms with Gasteiger partial charge in [-0.3, -0.25) is 9.69 Å². The topological polar surface area (TPSA) is 73.2 Å². The van der Waals surface area contributed by atoms with E-state index >= 15 is 0 Å². The molecule has 1 aromatic heterocycles. The van der Waals surface area contributed by atoms with Crippen LogP contribution in [0.5, 0.6) is 5.75 Å². The van der Waals surface area contributed by atoms with Gasteiger partial charge in [-0.25, -0.2) is 0 Å². The maximum atomic E-state index is 13.1. The molecule has 0 aliphatic carbocycles. The molecule has 1 aliphatic heterocycles. The molecule has 1 aliphatic rings. The van der Waals surface area contributed by atoms with Crippen molar-refractivity contribution in [2.45, 2.75) is 12.7 Å². The van der Waals surface area contributed by atoms with Gasteiger partial charge in [-0.15, -0.1) is 0 Å². The number of hydrogen-bond donors (Lipinski definition) is 1. The van der Waals surface area contributed by atoms with Crippen molar-refractivity contribution < 1.29 is 19.3 Å². The van der Waals surface area contributed by atoms with Gasteiger partial charge in [0.25, 0.3) is 5.56 Å². The number of ether oxygens (including phenoxy) is 3. The van der Waals surface area contributed by atoms with Gasteiger partial charge in [-0.05, 0) is 23.8 Å². The maximum absolute atomic E-state index is 13.1. The summed E-state index contributed by atoms with van der Waals surface area (Å²) in [7, 11) is 3.38. The molecule has 32 heavy (non-hydrogen) atoms. The molecule has 1 atom stereocenters. The lowest BCUT2D eigenvalue weighted by Crippen LogP contribution is -2.42. The van der Waals surface area contributed by atoms with Crippen molar-refractivity contribution in [3.8, 4) is 16.9 Å². The summed E-state index contributed by atoms with van der Waals surface area (Å²) in [4.78, 5) is 15.3. The van der Waals surface area contributed by atoms with E-state index in [1.807, 2.05) is 36.4 Å². The van der Waals surface area contributed by atoms with Crippen LogP contribution in [0.2, 0.25) is 0 Å². The van der Waals surface area contributed by atoms with Crippen LogP contribution in [0.1, 0.15) is 5.69 Å². The number of nitrogens with zero attached hydrogens (tertiary/aromatic N) is 2. The van der Waals surface area contributed by atoms with Crippen molar-refractivity contribution in [1.29, 1.82) is 0 Å². The molecule has 1 saturated heterocycles. The first-order valence-corrected chi connectivity index (χ1v) is 10.9. The molecular formula is C25H30N2O5. The average molecular weight is 439 g/mol. The van der Waals surface area contributed by atoms with Crippen LogP contribution in [-0.2, 0) is 23.1 Å². The van der Waals surface area contributed by atoms with Gasteiger partial charge in [0.05, 0.1) is 45.3 Å². The molecule has 4 rings (SSSR count). The number of aliphatic hydroxyl groups excluding tert-OH is 1. The van der Waals surface area contributed by atoms with E-state index in [1.54, 1.807) is 30.9 Å². The lowest BCUT2D eigenvalue weighted by atomic mass is 9.96. The molecule has 0 saturated carbocycles. The monoisotopic (exact) mass is 438 g/mol. The Labute approximate surface area is 187 Å². The van der Waals surface area contributed by atoms with Gasteiger partial charge in [-0.2, -0.15) is 0 Å². The van der Waals surface area contributed by atoms with E-state index in [0.29, 0.717) is 30.9 Å². The normalized spacial score (nSPS) is 15.7. The fraction of sp³-hybridized carbons (Fsp3) is 0.400. The molecule has 0 bridgehead atoms. The third kappa shape index (κ3) is 4.86. The predicted molar refractivity (Wildman–Crippen MR) is 124 cm³/mol. The first kappa shape index (κ1) is 22.5. The minimum absolute atomic E-state index is 0.0881. The van der Waals surface area contributed by atoms with Crippen LogP contribution < -0.4 is 10.3 Å². The van der Waals surface area contributed by atoms with Crippen LogP contribution in [0.4, 0.5) is 0 Å². The molecule has 7 heteroatoms. The molecule has 1 N–H and O–H groups in total. The van der Waals surface area contributed by atoms with E-state index in [4.69, 9.17) is 14.2 Å². The number of rotatable bonds is 8. The van der Waals surface area contributed by atoms with E-state index in [9.17, 15) is 9.90 Å². The van der Waals surface area contributed by atoms with Gasteiger partial charge in [0.2, 0.25) is 0 Å². The average Bonchev–Trinajstić information content (AvgIpc) is 2.83. The fourth-order valence-corrected chi connectivity index (χ4v) is 4.19. The minimum Gasteiger partial charge on any atom is -0.497 e. The van der Waals surface area contributed by atoms with Crippen LogP contribution >= 0.6 is 0 Å². The Morgan fingerprint density at radius 3 is 2.56 bits per heavy atom. The number of methoxy groups -OCH3 is 1. The third-order valence-corrected chi connectivity index (χ3v) is 5.91. The molecule has 0 spiro atoms. The van der Waals surface area contributed by atoms with E-state index in [-0.39, 0.29) is 18.8 Å². The standard InChI is InChI=1S/C25H30N2O5/c1-26-23(17-32-16-19(28)15-27-10-12-31-13-11-27)24(18-6-4-3-5-7-18)22-14-20(30-2)8-9-21(22)25(26)29/h3-9,14,19,28H,10-13,15-17H2,1-2H3. The van der Waals surface area contributed by atoms with Crippen LogP contribution in [0, 0.1) is 0 Å². The molecule has 0 amide bonds. The molecule has 7 nitrogen and oxygen atoms in total. The van der Waals surface area contributed by atoms with Crippen molar-refractivity contribution in [3.63, 3.8) is 0 Å². The molecule has 1 fully saturated rings. The van der Waals surface area contributed by atoms with Gasteiger partial charge < -0.3 is 23.9 Å². The van der Waals surface area contributed by atoms with Crippen LogP contribution in [0.25, 0.3) is 21.9 Å². The second-order valence-corrected chi connectivity index (χ2v) is 8.05. The maximum Gasteiger partial charge on any atom is 0.258 e. The van der Waals surface area contributed by atoms with Gasteiger partial charge in [-0.1, -0.05) is 30.3 Å². The summed E-state index contributed by atoms with van der Waals surface area (Å²) in [5.74, 6) is 0.690. The van der Waals surface area contributed by atoms with E-state index in [0.717, 1.165) is 35.3 Å². The predicted octanol–water partition coefficient (Wildman–Crippen LogP) is 2.42. The largest absolute Gasteiger partial charge is 0.497 e. The second kappa shape index (κ2) is 10.3.